The van der Waals surface area contributed by atoms with Crippen LogP contribution < -0.4 is 36.0 Å². The molecule has 15 nitrogen and oxygen atoms in total. The lowest BCUT2D eigenvalue weighted by Crippen LogP contribution is -2.54. The van der Waals surface area contributed by atoms with Crippen LogP contribution in [0, 0.1) is 0 Å². The first-order chi connectivity index (χ1) is 22.8. The first kappa shape index (κ1) is 31.1. The van der Waals surface area contributed by atoms with Gasteiger partial charge in [0.25, 0.3) is 5.91 Å². The highest BCUT2D eigenvalue weighted by Gasteiger charge is 2.37. The van der Waals surface area contributed by atoms with Crippen LogP contribution in [-0.2, 0) is 25.6 Å². The average Bonchev–Trinajstić information content (AvgIpc) is 3.79. The number of amides is 4. The SMILES string of the molecule is NC(=O)C1CCCN1C(=O)C(Cc1cnc[nH]1)NC(=O)CNC(=O)COc1ccc2c(=O)c(-c3ccc4c(c3)OCCO4)coc2c1. The van der Waals surface area contributed by atoms with E-state index in [1.807, 2.05) is 0 Å². The number of benzene rings is 2. The molecule has 2 aliphatic rings. The van der Waals surface area contributed by atoms with Crippen molar-refractivity contribution in [1.82, 2.24) is 25.5 Å². The number of nitrogens with zero attached hydrogens (tertiary/aromatic N) is 2. The highest BCUT2D eigenvalue weighted by Crippen LogP contribution is 2.34. The third kappa shape index (κ3) is 7.03. The maximum absolute atomic E-state index is 13.3. The Morgan fingerprint density at radius 2 is 1.91 bits per heavy atom. The smallest absolute Gasteiger partial charge is 0.258 e. The molecule has 1 fully saturated rings. The van der Waals surface area contributed by atoms with Gasteiger partial charge in [0.15, 0.2) is 23.5 Å². The molecular weight excluding hydrogens is 612 g/mol. The van der Waals surface area contributed by atoms with Gasteiger partial charge in [-0.3, -0.25) is 24.0 Å². The maximum Gasteiger partial charge on any atom is 0.258 e. The largest absolute Gasteiger partial charge is 0.486 e. The van der Waals surface area contributed by atoms with Crippen molar-refractivity contribution in [1.29, 1.82) is 0 Å². The molecule has 4 aromatic rings. The van der Waals surface area contributed by atoms with E-state index in [-0.39, 0.29) is 23.2 Å². The van der Waals surface area contributed by atoms with Crippen molar-refractivity contribution in [3.63, 3.8) is 0 Å². The summed E-state index contributed by atoms with van der Waals surface area (Å²) in [5.74, 6) is -0.844. The van der Waals surface area contributed by atoms with Gasteiger partial charge in [-0.05, 0) is 42.7 Å². The molecule has 0 radical (unpaired) electrons. The Bertz CT molecular complexity index is 1870. The van der Waals surface area contributed by atoms with Crippen molar-refractivity contribution in [2.24, 2.45) is 5.73 Å². The van der Waals surface area contributed by atoms with Gasteiger partial charge >= 0.3 is 0 Å². The molecule has 1 saturated heterocycles. The van der Waals surface area contributed by atoms with E-state index in [0.717, 1.165) is 0 Å². The van der Waals surface area contributed by atoms with Crippen LogP contribution in [0.3, 0.4) is 0 Å². The zero-order valence-electron chi connectivity index (χ0n) is 25.2. The number of H-pyrrole nitrogens is 1. The second-order valence-electron chi connectivity index (χ2n) is 11.1. The van der Waals surface area contributed by atoms with Crippen LogP contribution in [0.5, 0.6) is 17.2 Å². The van der Waals surface area contributed by atoms with Crippen LogP contribution in [0.15, 0.2) is 64.4 Å². The number of carbonyl (C=O) groups excluding carboxylic acids is 4. The zero-order valence-corrected chi connectivity index (χ0v) is 25.2. The molecule has 2 aromatic carbocycles. The highest BCUT2D eigenvalue weighted by molar-refractivity contribution is 5.93. The fourth-order valence-corrected chi connectivity index (χ4v) is 5.58. The molecule has 0 saturated carbocycles. The number of carbonyl (C=O) groups is 4. The summed E-state index contributed by atoms with van der Waals surface area (Å²) < 4.78 is 22.5. The monoisotopic (exact) mass is 644 g/mol. The van der Waals surface area contributed by atoms with E-state index in [1.165, 1.54) is 35.8 Å². The summed E-state index contributed by atoms with van der Waals surface area (Å²) in [5, 5.41) is 5.42. The first-order valence-corrected chi connectivity index (χ1v) is 15.0. The van der Waals surface area contributed by atoms with E-state index in [0.29, 0.717) is 66.3 Å². The van der Waals surface area contributed by atoms with E-state index < -0.39 is 48.9 Å². The lowest BCUT2D eigenvalue weighted by molar-refractivity contribution is -0.140. The predicted octanol–water partition coefficient (Wildman–Crippen LogP) is 0.653. The number of aromatic amines is 1. The predicted molar refractivity (Wildman–Crippen MR) is 166 cm³/mol. The molecule has 2 atom stereocenters. The summed E-state index contributed by atoms with van der Waals surface area (Å²) >= 11 is 0. The van der Waals surface area contributed by atoms with E-state index >= 15 is 0 Å². The van der Waals surface area contributed by atoms with Gasteiger partial charge in [0.05, 0.1) is 23.8 Å². The Hall–Kier alpha value is -5.86. The van der Waals surface area contributed by atoms with Crippen LogP contribution in [0.4, 0.5) is 0 Å². The number of rotatable bonds is 11. The molecule has 5 N–H and O–H groups in total. The minimum atomic E-state index is -1.02. The number of aromatic nitrogens is 2. The average molecular weight is 645 g/mol. The molecule has 244 valence electrons. The van der Waals surface area contributed by atoms with Gasteiger partial charge in [-0.15, -0.1) is 0 Å². The summed E-state index contributed by atoms with van der Waals surface area (Å²) in [6.45, 7) is 0.368. The minimum absolute atomic E-state index is 0.0971. The normalized spacial score (nSPS) is 16.0. The van der Waals surface area contributed by atoms with Crippen LogP contribution in [0.25, 0.3) is 22.1 Å². The van der Waals surface area contributed by atoms with Gasteiger partial charge in [0, 0.05) is 30.9 Å². The van der Waals surface area contributed by atoms with E-state index in [4.69, 9.17) is 24.4 Å². The number of likely N-dealkylation sites (tertiary alicyclic amines) is 1. The third-order valence-corrected chi connectivity index (χ3v) is 7.89. The Labute approximate surface area is 267 Å². The zero-order chi connectivity index (χ0) is 32.9. The Balaban J connectivity index is 1.04. The summed E-state index contributed by atoms with van der Waals surface area (Å²) in [6.07, 6.45) is 5.49. The lowest BCUT2D eigenvalue weighted by atomic mass is 10.0. The molecule has 15 heteroatoms. The Morgan fingerprint density at radius 1 is 1.09 bits per heavy atom. The van der Waals surface area contributed by atoms with Crippen molar-refractivity contribution in [3.05, 3.63) is 71.1 Å². The minimum Gasteiger partial charge on any atom is -0.486 e. The highest BCUT2D eigenvalue weighted by atomic mass is 16.6. The fraction of sp³-hybridized carbons (Fsp3) is 0.312. The summed E-state index contributed by atoms with van der Waals surface area (Å²) in [6, 6.07) is 8.05. The Kier molecular flexibility index (Phi) is 9.04. The van der Waals surface area contributed by atoms with Crippen molar-refractivity contribution in [2.75, 3.05) is 32.9 Å². The second kappa shape index (κ2) is 13.6. The number of hydrogen-bond donors (Lipinski definition) is 4. The number of hydrogen-bond acceptors (Lipinski definition) is 10. The number of nitrogens with one attached hydrogen (secondary N) is 3. The van der Waals surface area contributed by atoms with Gasteiger partial charge in [0.1, 0.15) is 42.9 Å². The van der Waals surface area contributed by atoms with Crippen molar-refractivity contribution < 1.29 is 37.8 Å². The summed E-state index contributed by atoms with van der Waals surface area (Å²) in [7, 11) is 0. The quantitative estimate of drug-likeness (QED) is 0.179. The van der Waals surface area contributed by atoms with Crippen molar-refractivity contribution >= 4 is 34.6 Å². The molecule has 4 heterocycles. The molecule has 2 aromatic heterocycles. The van der Waals surface area contributed by atoms with E-state index in [9.17, 15) is 24.0 Å². The number of nitrogens with two attached hydrogens (primary N) is 1. The van der Waals surface area contributed by atoms with Gasteiger partial charge in [-0.2, -0.15) is 0 Å². The molecule has 47 heavy (non-hydrogen) atoms. The van der Waals surface area contributed by atoms with Gasteiger partial charge in [-0.25, -0.2) is 4.98 Å². The number of primary amides is 1. The Morgan fingerprint density at radius 3 is 2.70 bits per heavy atom. The summed E-state index contributed by atoms with van der Waals surface area (Å²) in [5.41, 5.74) is 7.05. The molecule has 4 amide bonds. The first-order valence-electron chi connectivity index (χ1n) is 15.0. The summed E-state index contributed by atoms with van der Waals surface area (Å²) in [4.78, 5) is 71.8. The van der Waals surface area contributed by atoms with Crippen molar-refractivity contribution in [2.45, 2.75) is 31.3 Å². The van der Waals surface area contributed by atoms with Crippen LogP contribution in [0.2, 0.25) is 0 Å². The van der Waals surface area contributed by atoms with Crippen LogP contribution >= 0.6 is 0 Å². The van der Waals surface area contributed by atoms with E-state index in [1.54, 1.807) is 24.3 Å². The molecule has 2 unspecified atom stereocenters. The van der Waals surface area contributed by atoms with Gasteiger partial charge in [0.2, 0.25) is 17.7 Å². The number of fused-ring (bicyclic) bond motifs is 2. The third-order valence-electron chi connectivity index (χ3n) is 7.89. The molecule has 0 spiro atoms. The standard InChI is InChI=1S/C32H32N6O9/c33-31(42)24-2-1-7-38(24)32(43)23(11-19-13-34-17-36-19)37-28(39)14-35-29(40)16-46-20-4-5-21-26(12-20)47-15-22(30(21)41)18-3-6-25-27(10-18)45-9-8-44-25/h3-6,10,12-13,15,17,23-24H,1-2,7-9,11,14,16H2,(H2,33,42)(H,34,36)(H,35,40)(H,37,39). The molecule has 0 bridgehead atoms. The van der Waals surface area contributed by atoms with Crippen LogP contribution in [0.1, 0.15) is 18.5 Å². The molecular formula is C32H32N6O9. The fourth-order valence-electron chi connectivity index (χ4n) is 5.58. The van der Waals surface area contributed by atoms with Gasteiger partial charge in [-0.1, -0.05) is 6.07 Å². The molecule has 6 rings (SSSR count). The second-order valence-corrected chi connectivity index (χ2v) is 11.1. The maximum atomic E-state index is 13.3. The number of imidazole rings is 1. The lowest BCUT2D eigenvalue weighted by Gasteiger charge is -2.27. The van der Waals surface area contributed by atoms with Crippen molar-refractivity contribution in [3.8, 4) is 28.4 Å². The van der Waals surface area contributed by atoms with Gasteiger partial charge < -0.3 is 44.9 Å². The van der Waals surface area contributed by atoms with Crippen LogP contribution in [-0.4, -0.2) is 83.5 Å². The molecule has 2 aliphatic heterocycles. The molecule has 0 aliphatic carbocycles. The van der Waals surface area contributed by atoms with E-state index in [2.05, 4.69) is 20.6 Å². The topological polar surface area (TPSA) is 208 Å². The number of ether oxygens (including phenoxy) is 3.